The molecule has 0 spiro atoms. The molecule has 0 bridgehead atoms. The molecular weight excluding hydrogens is 236 g/mol. The number of rotatable bonds is 9. The summed E-state index contributed by atoms with van der Waals surface area (Å²) < 4.78 is 10.2. The van der Waals surface area contributed by atoms with Crippen molar-refractivity contribution in [1.82, 2.24) is 0 Å². The van der Waals surface area contributed by atoms with Crippen LogP contribution in [0.1, 0.15) is 13.3 Å². The quantitative estimate of drug-likeness (QED) is 0.453. The van der Waals surface area contributed by atoms with Crippen LogP contribution >= 0.6 is 0 Å². The molecule has 0 heterocycles. The highest BCUT2D eigenvalue weighted by atomic mass is 16.5. The van der Waals surface area contributed by atoms with Gasteiger partial charge in [-0.15, -0.1) is 0 Å². The van der Waals surface area contributed by atoms with Crippen LogP contribution < -0.4 is 0 Å². The molecule has 2 heteroatoms. The molecule has 0 unspecified atom stereocenters. The fourth-order valence-corrected chi connectivity index (χ4v) is 1.29. The van der Waals surface area contributed by atoms with Crippen molar-refractivity contribution in [2.24, 2.45) is 0 Å². The van der Waals surface area contributed by atoms with Crippen LogP contribution in [0.25, 0.3) is 0 Å². The van der Waals surface area contributed by atoms with Crippen LogP contribution in [0.4, 0.5) is 0 Å². The second-order valence-electron chi connectivity index (χ2n) is 4.12. The Labute approximate surface area is 117 Å². The first-order valence-electron chi connectivity index (χ1n) is 6.13. The van der Waals surface area contributed by atoms with Crippen LogP contribution in [0.3, 0.4) is 0 Å². The highest BCUT2D eigenvalue weighted by molar-refractivity contribution is 5.51. The number of allylic oxidation sites excluding steroid dienone is 5. The SMILES string of the molecule is C=C(/C=C(/COC)C(=C)C(=C)/C=C\C(=C)OC)CC. The average Bonchev–Trinajstić information content (AvgIpc) is 2.42. The Morgan fingerprint density at radius 2 is 1.68 bits per heavy atom. The summed E-state index contributed by atoms with van der Waals surface area (Å²) in [6.45, 7) is 18.3. The summed E-state index contributed by atoms with van der Waals surface area (Å²) in [4.78, 5) is 0. The first-order valence-corrected chi connectivity index (χ1v) is 6.13. The van der Waals surface area contributed by atoms with E-state index in [1.165, 1.54) is 0 Å². The maximum absolute atomic E-state index is 5.19. The van der Waals surface area contributed by atoms with Crippen molar-refractivity contribution in [2.75, 3.05) is 20.8 Å². The number of ether oxygens (including phenoxy) is 2. The molecule has 104 valence electrons. The maximum Gasteiger partial charge on any atom is 0.111 e. The summed E-state index contributed by atoms with van der Waals surface area (Å²) in [7, 11) is 3.23. The van der Waals surface area contributed by atoms with Crippen LogP contribution in [0.5, 0.6) is 0 Å². The fourth-order valence-electron chi connectivity index (χ4n) is 1.29. The standard InChI is InChI=1S/C17H24O2/c1-8-13(2)11-17(12-18-6)16(5)14(3)9-10-15(4)19-7/h9-11H,2-5,8,12H2,1,6-7H3/b10-9-,17-11-. The average molecular weight is 260 g/mol. The third-order valence-electron chi connectivity index (χ3n) is 2.64. The van der Waals surface area contributed by atoms with Gasteiger partial charge in [-0.3, -0.25) is 0 Å². The van der Waals surface area contributed by atoms with Gasteiger partial charge in [-0.25, -0.2) is 0 Å². The number of methoxy groups -OCH3 is 2. The van der Waals surface area contributed by atoms with Gasteiger partial charge in [0.2, 0.25) is 0 Å². The van der Waals surface area contributed by atoms with E-state index in [1.807, 2.05) is 12.2 Å². The monoisotopic (exact) mass is 260 g/mol. The molecule has 0 amide bonds. The molecule has 0 aromatic carbocycles. The Balaban J connectivity index is 4.96. The van der Waals surface area contributed by atoms with Crippen molar-refractivity contribution in [2.45, 2.75) is 13.3 Å². The first kappa shape index (κ1) is 17.2. The lowest BCUT2D eigenvalue weighted by Crippen LogP contribution is -1.99. The zero-order valence-electron chi connectivity index (χ0n) is 12.3. The van der Waals surface area contributed by atoms with Gasteiger partial charge in [-0.2, -0.15) is 0 Å². The van der Waals surface area contributed by atoms with Gasteiger partial charge in [0.05, 0.1) is 13.7 Å². The number of hydrogen-bond acceptors (Lipinski definition) is 2. The topological polar surface area (TPSA) is 18.5 Å². The van der Waals surface area contributed by atoms with Crippen molar-refractivity contribution < 1.29 is 9.47 Å². The maximum atomic E-state index is 5.19. The number of hydrogen-bond donors (Lipinski definition) is 0. The normalized spacial score (nSPS) is 11.4. The van der Waals surface area contributed by atoms with Crippen molar-refractivity contribution in [1.29, 1.82) is 0 Å². The molecule has 0 aliphatic carbocycles. The van der Waals surface area contributed by atoms with Gasteiger partial charge in [-0.05, 0) is 29.2 Å². The lowest BCUT2D eigenvalue weighted by molar-refractivity contribution is 0.227. The van der Waals surface area contributed by atoms with Crippen LogP contribution in [0, 0.1) is 0 Å². The first-order chi connectivity index (χ1) is 8.96. The van der Waals surface area contributed by atoms with Crippen LogP contribution in [-0.4, -0.2) is 20.8 Å². The van der Waals surface area contributed by atoms with E-state index in [2.05, 4.69) is 33.2 Å². The summed E-state index contributed by atoms with van der Waals surface area (Å²) in [5, 5.41) is 0. The molecule has 0 saturated carbocycles. The predicted molar refractivity (Wildman–Crippen MR) is 83.0 cm³/mol. The fraction of sp³-hybridized carbons (Fsp3) is 0.294. The highest BCUT2D eigenvalue weighted by Crippen LogP contribution is 2.20. The van der Waals surface area contributed by atoms with E-state index in [9.17, 15) is 0 Å². The van der Waals surface area contributed by atoms with Gasteiger partial charge >= 0.3 is 0 Å². The van der Waals surface area contributed by atoms with Crippen LogP contribution in [-0.2, 0) is 9.47 Å². The van der Waals surface area contributed by atoms with E-state index in [1.54, 1.807) is 20.3 Å². The lowest BCUT2D eigenvalue weighted by Gasteiger charge is -2.11. The molecule has 0 rings (SSSR count). The minimum Gasteiger partial charge on any atom is -0.497 e. The summed E-state index contributed by atoms with van der Waals surface area (Å²) in [5.41, 5.74) is 3.64. The Hall–Kier alpha value is -1.80. The zero-order valence-corrected chi connectivity index (χ0v) is 12.3. The van der Waals surface area contributed by atoms with E-state index in [0.29, 0.717) is 12.4 Å². The van der Waals surface area contributed by atoms with Gasteiger partial charge in [0.15, 0.2) is 0 Å². The minimum absolute atomic E-state index is 0.482. The van der Waals surface area contributed by atoms with Crippen molar-refractivity contribution in [3.05, 3.63) is 72.6 Å². The smallest absolute Gasteiger partial charge is 0.111 e. The third-order valence-corrected chi connectivity index (χ3v) is 2.64. The van der Waals surface area contributed by atoms with Crippen molar-refractivity contribution in [3.8, 4) is 0 Å². The molecule has 0 atom stereocenters. The van der Waals surface area contributed by atoms with Crippen LogP contribution in [0.15, 0.2) is 72.6 Å². The molecule has 0 N–H and O–H groups in total. The summed E-state index contributed by atoms with van der Waals surface area (Å²) in [5.74, 6) is 0.573. The molecule has 2 nitrogen and oxygen atoms in total. The Bertz CT molecular complexity index is 423. The van der Waals surface area contributed by atoms with Crippen LogP contribution in [0.2, 0.25) is 0 Å². The molecule has 0 aromatic rings. The third kappa shape index (κ3) is 6.63. The Morgan fingerprint density at radius 3 is 2.16 bits per heavy atom. The minimum atomic E-state index is 0.482. The summed E-state index contributed by atoms with van der Waals surface area (Å²) >= 11 is 0. The van der Waals surface area contributed by atoms with E-state index >= 15 is 0 Å². The van der Waals surface area contributed by atoms with E-state index in [0.717, 1.165) is 28.7 Å². The van der Waals surface area contributed by atoms with Gasteiger partial charge in [0.1, 0.15) is 5.76 Å². The zero-order chi connectivity index (χ0) is 14.8. The van der Waals surface area contributed by atoms with E-state index in [-0.39, 0.29) is 0 Å². The van der Waals surface area contributed by atoms with Gasteiger partial charge in [0.25, 0.3) is 0 Å². The predicted octanol–water partition coefficient (Wildman–Crippen LogP) is 4.35. The van der Waals surface area contributed by atoms with E-state index in [4.69, 9.17) is 9.47 Å². The largest absolute Gasteiger partial charge is 0.497 e. The highest BCUT2D eigenvalue weighted by Gasteiger charge is 2.05. The Kier molecular flexibility index (Phi) is 8.30. The molecule has 0 fully saturated rings. The molecule has 0 aromatic heterocycles. The second kappa shape index (κ2) is 9.17. The molecular formula is C17H24O2. The second-order valence-corrected chi connectivity index (χ2v) is 4.12. The Morgan fingerprint density at radius 1 is 1.05 bits per heavy atom. The molecule has 0 aliphatic rings. The van der Waals surface area contributed by atoms with Gasteiger partial charge < -0.3 is 9.47 Å². The van der Waals surface area contributed by atoms with Crippen molar-refractivity contribution in [3.63, 3.8) is 0 Å². The molecule has 0 saturated heterocycles. The molecule has 0 radical (unpaired) electrons. The lowest BCUT2D eigenvalue weighted by atomic mass is 9.98. The molecule has 0 aliphatic heterocycles. The molecule has 19 heavy (non-hydrogen) atoms. The van der Waals surface area contributed by atoms with Gasteiger partial charge in [0, 0.05) is 7.11 Å². The van der Waals surface area contributed by atoms with Crippen molar-refractivity contribution >= 4 is 0 Å². The van der Waals surface area contributed by atoms with E-state index < -0.39 is 0 Å². The summed E-state index contributed by atoms with van der Waals surface area (Å²) in [6, 6.07) is 0. The van der Waals surface area contributed by atoms with Gasteiger partial charge in [-0.1, -0.05) is 51.0 Å². The summed E-state index contributed by atoms with van der Waals surface area (Å²) in [6.07, 6.45) is 6.47.